The number of halogens is 1. The van der Waals surface area contributed by atoms with Gasteiger partial charge in [0.2, 0.25) is 5.82 Å². The first-order chi connectivity index (χ1) is 13.9. The summed E-state index contributed by atoms with van der Waals surface area (Å²) in [6.07, 6.45) is 0. The van der Waals surface area contributed by atoms with Crippen LogP contribution in [-0.4, -0.2) is 38.2 Å². The first-order valence-electron chi connectivity index (χ1n) is 9.23. The lowest BCUT2D eigenvalue weighted by atomic mass is 10.1. The topological polar surface area (TPSA) is 94.8 Å². The van der Waals surface area contributed by atoms with Gasteiger partial charge in [-0.1, -0.05) is 19.9 Å². The van der Waals surface area contributed by atoms with Gasteiger partial charge in [0, 0.05) is 17.8 Å². The number of benzene rings is 1. The summed E-state index contributed by atoms with van der Waals surface area (Å²) in [4.78, 5) is 18.4. The van der Waals surface area contributed by atoms with Crippen molar-refractivity contribution in [3.05, 3.63) is 53.1 Å². The van der Waals surface area contributed by atoms with Gasteiger partial charge >= 0.3 is 0 Å². The summed E-state index contributed by atoms with van der Waals surface area (Å²) in [5.41, 5.74) is 2.29. The highest BCUT2D eigenvalue weighted by Gasteiger charge is 2.14. The third kappa shape index (κ3) is 5.13. The second kappa shape index (κ2) is 8.76. The first kappa shape index (κ1) is 20.4. The van der Waals surface area contributed by atoms with E-state index in [0.717, 1.165) is 0 Å². The summed E-state index contributed by atoms with van der Waals surface area (Å²) < 4.78 is 18.5. The number of rotatable bonds is 7. The molecule has 0 aliphatic rings. The van der Waals surface area contributed by atoms with Crippen molar-refractivity contribution in [1.82, 2.24) is 30.5 Å². The van der Waals surface area contributed by atoms with Crippen LogP contribution in [0, 0.1) is 18.7 Å². The number of hydrogen-bond acceptors (Lipinski definition) is 6. The van der Waals surface area contributed by atoms with Gasteiger partial charge in [-0.2, -0.15) is 4.80 Å². The molecule has 9 heteroatoms. The molecule has 8 nitrogen and oxygen atoms in total. The molecule has 0 spiro atoms. The van der Waals surface area contributed by atoms with E-state index in [4.69, 9.17) is 4.74 Å². The van der Waals surface area contributed by atoms with Crippen molar-refractivity contribution in [2.45, 2.75) is 33.9 Å². The van der Waals surface area contributed by atoms with Crippen molar-refractivity contribution in [3.63, 3.8) is 0 Å². The summed E-state index contributed by atoms with van der Waals surface area (Å²) in [5, 5.41) is 15.3. The van der Waals surface area contributed by atoms with E-state index in [1.807, 2.05) is 0 Å². The number of nitrogens with zero attached hydrogens (tertiary/aromatic N) is 5. The zero-order chi connectivity index (χ0) is 21.0. The Bertz CT molecular complexity index is 1020. The van der Waals surface area contributed by atoms with E-state index in [2.05, 4.69) is 39.6 Å². The number of amides is 1. The molecule has 0 aliphatic heterocycles. The van der Waals surface area contributed by atoms with E-state index >= 15 is 0 Å². The standard InChI is InChI=1S/C20H23FN6O2/c1-12(2)11-27-25-19(24-26-27)15-7-13(3)23-17(9-15)20(28)22-10-14-5-6-16(21)18(8-14)29-4/h5-9,12H,10-11H2,1-4H3,(H,22,28). The molecule has 29 heavy (non-hydrogen) atoms. The number of pyridine rings is 1. The van der Waals surface area contributed by atoms with Crippen LogP contribution in [-0.2, 0) is 13.1 Å². The van der Waals surface area contributed by atoms with Crippen LogP contribution < -0.4 is 10.1 Å². The lowest BCUT2D eigenvalue weighted by molar-refractivity contribution is 0.0945. The van der Waals surface area contributed by atoms with Crippen molar-refractivity contribution in [1.29, 1.82) is 0 Å². The average Bonchev–Trinajstić information content (AvgIpc) is 3.14. The maximum absolute atomic E-state index is 13.5. The molecule has 0 radical (unpaired) electrons. The first-order valence-corrected chi connectivity index (χ1v) is 9.23. The Balaban J connectivity index is 1.75. The molecular weight excluding hydrogens is 375 g/mol. The predicted molar refractivity (Wildman–Crippen MR) is 105 cm³/mol. The molecule has 3 aromatic rings. The van der Waals surface area contributed by atoms with Gasteiger partial charge in [0.1, 0.15) is 5.69 Å². The minimum Gasteiger partial charge on any atom is -0.494 e. The summed E-state index contributed by atoms with van der Waals surface area (Å²) >= 11 is 0. The van der Waals surface area contributed by atoms with Gasteiger partial charge in [-0.15, -0.1) is 10.2 Å². The second-order valence-corrected chi connectivity index (χ2v) is 7.10. The highest BCUT2D eigenvalue weighted by Crippen LogP contribution is 2.19. The van der Waals surface area contributed by atoms with Gasteiger partial charge in [-0.3, -0.25) is 4.79 Å². The average molecular weight is 398 g/mol. The third-order valence-corrected chi connectivity index (χ3v) is 4.09. The van der Waals surface area contributed by atoms with E-state index in [0.29, 0.717) is 35.1 Å². The Hall–Kier alpha value is -3.36. The fourth-order valence-corrected chi connectivity index (χ4v) is 2.76. The summed E-state index contributed by atoms with van der Waals surface area (Å²) in [7, 11) is 1.39. The SMILES string of the molecule is COc1cc(CNC(=O)c2cc(-c3nnn(CC(C)C)n3)cc(C)n2)ccc1F. The Morgan fingerprint density at radius 3 is 2.79 bits per heavy atom. The maximum atomic E-state index is 13.5. The van der Waals surface area contributed by atoms with Gasteiger partial charge in [0.25, 0.3) is 5.91 Å². The van der Waals surface area contributed by atoms with Crippen LogP contribution >= 0.6 is 0 Å². The Morgan fingerprint density at radius 1 is 1.28 bits per heavy atom. The maximum Gasteiger partial charge on any atom is 0.270 e. The lowest BCUT2D eigenvalue weighted by Crippen LogP contribution is -2.24. The van der Waals surface area contributed by atoms with E-state index in [1.165, 1.54) is 18.0 Å². The number of ether oxygens (including phenoxy) is 1. The van der Waals surface area contributed by atoms with E-state index in [-0.39, 0.29) is 23.9 Å². The van der Waals surface area contributed by atoms with Crippen molar-refractivity contribution in [2.24, 2.45) is 5.92 Å². The molecule has 0 fully saturated rings. The number of aromatic nitrogens is 5. The molecule has 1 aromatic carbocycles. The van der Waals surface area contributed by atoms with Crippen LogP contribution in [0.2, 0.25) is 0 Å². The summed E-state index contributed by atoms with van der Waals surface area (Å²) in [6, 6.07) is 7.87. The molecule has 2 aromatic heterocycles. The number of carbonyl (C=O) groups excluding carboxylic acids is 1. The summed E-state index contributed by atoms with van der Waals surface area (Å²) in [5.74, 6) is 0.151. The van der Waals surface area contributed by atoms with Crippen LogP contribution in [0.3, 0.4) is 0 Å². The van der Waals surface area contributed by atoms with Crippen LogP contribution in [0.4, 0.5) is 4.39 Å². The van der Waals surface area contributed by atoms with Crippen molar-refractivity contribution >= 4 is 5.91 Å². The minimum atomic E-state index is -0.453. The number of tetrazole rings is 1. The normalized spacial score (nSPS) is 11.0. The zero-order valence-corrected chi connectivity index (χ0v) is 16.8. The van der Waals surface area contributed by atoms with Crippen LogP contribution in [0.5, 0.6) is 5.75 Å². The van der Waals surface area contributed by atoms with Gasteiger partial charge in [0.05, 0.1) is 13.7 Å². The van der Waals surface area contributed by atoms with E-state index < -0.39 is 5.82 Å². The number of nitrogens with one attached hydrogen (secondary N) is 1. The van der Waals surface area contributed by atoms with Crippen LogP contribution in [0.25, 0.3) is 11.4 Å². The monoisotopic (exact) mass is 398 g/mol. The summed E-state index contributed by atoms with van der Waals surface area (Å²) in [6.45, 7) is 6.80. The van der Waals surface area contributed by atoms with Crippen molar-refractivity contribution < 1.29 is 13.9 Å². The molecule has 0 aliphatic carbocycles. The van der Waals surface area contributed by atoms with Gasteiger partial charge in [-0.05, 0) is 47.9 Å². The molecule has 0 saturated carbocycles. The number of carbonyl (C=O) groups is 1. The smallest absolute Gasteiger partial charge is 0.270 e. The molecule has 0 unspecified atom stereocenters. The zero-order valence-electron chi connectivity index (χ0n) is 16.8. The lowest BCUT2D eigenvalue weighted by Gasteiger charge is -2.08. The van der Waals surface area contributed by atoms with Crippen LogP contribution in [0.1, 0.15) is 35.6 Å². The Morgan fingerprint density at radius 2 is 2.07 bits per heavy atom. The second-order valence-electron chi connectivity index (χ2n) is 7.10. The predicted octanol–water partition coefficient (Wildman–Crippen LogP) is 2.78. The Labute approximate surface area is 168 Å². The highest BCUT2D eigenvalue weighted by atomic mass is 19.1. The minimum absolute atomic E-state index is 0.128. The highest BCUT2D eigenvalue weighted by molar-refractivity contribution is 5.93. The number of aryl methyl sites for hydroxylation is 1. The van der Waals surface area contributed by atoms with Gasteiger partial charge in [0.15, 0.2) is 11.6 Å². The van der Waals surface area contributed by atoms with E-state index in [1.54, 1.807) is 31.2 Å². The molecular formula is C20H23FN6O2. The fraction of sp³-hybridized carbons (Fsp3) is 0.350. The molecule has 2 heterocycles. The fourth-order valence-electron chi connectivity index (χ4n) is 2.76. The van der Waals surface area contributed by atoms with Crippen molar-refractivity contribution in [3.8, 4) is 17.1 Å². The van der Waals surface area contributed by atoms with E-state index in [9.17, 15) is 9.18 Å². The molecule has 0 atom stereocenters. The number of methoxy groups -OCH3 is 1. The van der Waals surface area contributed by atoms with Crippen LogP contribution in [0.15, 0.2) is 30.3 Å². The van der Waals surface area contributed by atoms with Gasteiger partial charge in [-0.25, -0.2) is 9.37 Å². The molecule has 1 N–H and O–H groups in total. The molecule has 1 amide bonds. The van der Waals surface area contributed by atoms with Gasteiger partial charge < -0.3 is 10.1 Å². The number of hydrogen-bond donors (Lipinski definition) is 1. The molecule has 0 saturated heterocycles. The third-order valence-electron chi connectivity index (χ3n) is 4.09. The Kier molecular flexibility index (Phi) is 6.16. The largest absolute Gasteiger partial charge is 0.494 e. The molecule has 152 valence electrons. The van der Waals surface area contributed by atoms with Crippen molar-refractivity contribution in [2.75, 3.05) is 7.11 Å². The quantitative estimate of drug-likeness (QED) is 0.658. The molecule has 0 bridgehead atoms. The molecule has 3 rings (SSSR count).